The summed E-state index contributed by atoms with van der Waals surface area (Å²) >= 11 is 4.85. The number of thiophene rings is 1. The molecule has 0 saturated heterocycles. The number of carbonyl (C=O) groups is 2. The highest BCUT2D eigenvalue weighted by molar-refractivity contribution is 9.11. The summed E-state index contributed by atoms with van der Waals surface area (Å²) in [6.45, 7) is 0.510. The molecule has 0 unspecified atom stereocenters. The van der Waals surface area contributed by atoms with Crippen molar-refractivity contribution < 1.29 is 9.59 Å². The second-order valence-electron chi connectivity index (χ2n) is 4.63. The van der Waals surface area contributed by atoms with Crippen molar-refractivity contribution in [3.63, 3.8) is 0 Å². The Kier molecular flexibility index (Phi) is 3.35. The number of halogens is 1. The first-order valence-corrected chi connectivity index (χ1v) is 7.65. The molecule has 0 bridgehead atoms. The van der Waals surface area contributed by atoms with Crippen LogP contribution in [0.3, 0.4) is 0 Å². The number of ketones is 1. The van der Waals surface area contributed by atoms with Gasteiger partial charge in [0.15, 0.2) is 5.78 Å². The van der Waals surface area contributed by atoms with Crippen LogP contribution in [0.1, 0.15) is 21.5 Å². The first kappa shape index (κ1) is 13.3. The minimum absolute atomic E-state index is 0.00527. The number of rotatable bonds is 2. The van der Waals surface area contributed by atoms with Crippen LogP contribution >= 0.6 is 27.3 Å². The van der Waals surface area contributed by atoms with Gasteiger partial charge in [-0.1, -0.05) is 0 Å². The number of benzene rings is 1. The van der Waals surface area contributed by atoms with Gasteiger partial charge in [0.2, 0.25) is 0 Å². The molecular weight excluding hydrogens is 340 g/mol. The molecule has 1 aliphatic heterocycles. The van der Waals surface area contributed by atoms with Crippen molar-refractivity contribution in [2.45, 2.75) is 6.54 Å². The van der Waals surface area contributed by atoms with Crippen molar-refractivity contribution in [2.75, 3.05) is 12.4 Å². The maximum Gasteiger partial charge on any atom is 0.321 e. The third-order valence-corrected chi connectivity index (χ3v) is 4.70. The summed E-state index contributed by atoms with van der Waals surface area (Å²) in [5.41, 5.74) is 3.04. The zero-order chi connectivity index (χ0) is 14.3. The van der Waals surface area contributed by atoms with E-state index in [-0.39, 0.29) is 11.8 Å². The molecule has 0 fully saturated rings. The number of hydrogen-bond donors (Lipinski definition) is 1. The molecule has 1 aromatic heterocycles. The third kappa shape index (κ3) is 2.36. The highest BCUT2D eigenvalue weighted by atomic mass is 79.9. The molecule has 1 N–H and O–H groups in total. The molecule has 6 heteroatoms. The minimum atomic E-state index is -0.127. The lowest BCUT2D eigenvalue weighted by molar-refractivity contribution is 0.103. The van der Waals surface area contributed by atoms with E-state index in [9.17, 15) is 9.59 Å². The summed E-state index contributed by atoms with van der Waals surface area (Å²) in [7, 11) is 1.72. The van der Waals surface area contributed by atoms with Gasteiger partial charge < -0.3 is 10.2 Å². The molecule has 4 nitrogen and oxygen atoms in total. The van der Waals surface area contributed by atoms with E-state index in [0.717, 1.165) is 15.0 Å². The topological polar surface area (TPSA) is 49.4 Å². The number of nitrogens with one attached hydrogen (secondary N) is 1. The Hall–Kier alpha value is -1.66. The summed E-state index contributed by atoms with van der Waals surface area (Å²) in [6, 6.07) is 7.07. The second kappa shape index (κ2) is 5.03. The quantitative estimate of drug-likeness (QED) is 0.839. The van der Waals surface area contributed by atoms with E-state index >= 15 is 0 Å². The van der Waals surface area contributed by atoms with Crippen molar-refractivity contribution in [3.05, 3.63) is 50.1 Å². The Morgan fingerprint density at radius 3 is 2.85 bits per heavy atom. The van der Waals surface area contributed by atoms with E-state index < -0.39 is 0 Å². The lowest BCUT2D eigenvalue weighted by atomic mass is 10.0. The monoisotopic (exact) mass is 350 g/mol. The molecule has 2 amide bonds. The van der Waals surface area contributed by atoms with Gasteiger partial charge in [-0.2, -0.15) is 0 Å². The predicted octanol–water partition coefficient (Wildman–Crippen LogP) is 3.72. The van der Waals surface area contributed by atoms with Gasteiger partial charge >= 0.3 is 6.03 Å². The van der Waals surface area contributed by atoms with Crippen LogP contribution < -0.4 is 5.32 Å². The molecule has 20 heavy (non-hydrogen) atoms. The van der Waals surface area contributed by atoms with Crippen LogP contribution in [0.4, 0.5) is 10.5 Å². The zero-order valence-corrected chi connectivity index (χ0v) is 13.0. The summed E-state index contributed by atoms with van der Waals surface area (Å²) in [5, 5.41) is 4.62. The SMILES string of the molecule is CN1Cc2cc(C(=O)c3csc(Br)c3)ccc2NC1=O. The van der Waals surface area contributed by atoms with E-state index in [0.29, 0.717) is 17.7 Å². The Morgan fingerprint density at radius 1 is 1.35 bits per heavy atom. The standard InChI is InChI=1S/C14H11BrN2O2S/c1-17-6-9-4-8(2-3-11(9)16-14(17)19)13(18)10-5-12(15)20-7-10/h2-5,7H,6H2,1H3,(H,16,19). The Labute approximate surface area is 128 Å². The fourth-order valence-corrected chi connectivity index (χ4v) is 3.26. The second-order valence-corrected chi connectivity index (χ2v) is 6.92. The molecule has 0 spiro atoms. The molecule has 102 valence electrons. The van der Waals surface area contributed by atoms with Gasteiger partial charge in [0, 0.05) is 35.8 Å². The van der Waals surface area contributed by atoms with Crippen molar-refractivity contribution in [1.29, 1.82) is 0 Å². The first-order chi connectivity index (χ1) is 9.54. The fraction of sp³-hybridized carbons (Fsp3) is 0.143. The van der Waals surface area contributed by atoms with Gasteiger partial charge in [-0.05, 0) is 45.8 Å². The van der Waals surface area contributed by atoms with Crippen LogP contribution in [-0.2, 0) is 6.54 Å². The zero-order valence-electron chi connectivity index (χ0n) is 10.6. The van der Waals surface area contributed by atoms with Gasteiger partial charge in [-0.25, -0.2) is 4.79 Å². The summed E-state index contributed by atoms with van der Waals surface area (Å²) in [5.74, 6) is -0.00527. The van der Waals surface area contributed by atoms with Crippen LogP contribution in [0.25, 0.3) is 0 Å². The predicted molar refractivity (Wildman–Crippen MR) is 82.4 cm³/mol. The average molecular weight is 351 g/mol. The molecule has 1 aromatic carbocycles. The molecular formula is C14H11BrN2O2S. The van der Waals surface area contributed by atoms with Crippen LogP contribution in [-0.4, -0.2) is 23.8 Å². The molecule has 0 aliphatic carbocycles. The summed E-state index contributed by atoms with van der Waals surface area (Å²) in [6.07, 6.45) is 0. The fourth-order valence-electron chi connectivity index (χ4n) is 2.12. The molecule has 0 radical (unpaired) electrons. The highest BCUT2D eigenvalue weighted by Crippen LogP contribution is 2.27. The van der Waals surface area contributed by atoms with Gasteiger partial charge in [-0.15, -0.1) is 11.3 Å². The molecule has 0 atom stereocenters. The van der Waals surface area contributed by atoms with Crippen molar-refractivity contribution >= 4 is 44.8 Å². The van der Waals surface area contributed by atoms with Gasteiger partial charge in [0.25, 0.3) is 0 Å². The summed E-state index contributed by atoms with van der Waals surface area (Å²) in [4.78, 5) is 25.5. The largest absolute Gasteiger partial charge is 0.323 e. The van der Waals surface area contributed by atoms with Crippen LogP contribution in [0.2, 0.25) is 0 Å². The maximum atomic E-state index is 12.4. The number of fused-ring (bicyclic) bond motifs is 1. The molecule has 2 heterocycles. The summed E-state index contributed by atoms with van der Waals surface area (Å²) < 4.78 is 0.936. The van der Waals surface area contributed by atoms with E-state index in [1.807, 2.05) is 17.5 Å². The van der Waals surface area contributed by atoms with Crippen LogP contribution in [0.15, 0.2) is 33.4 Å². The molecule has 0 saturated carbocycles. The number of amides is 2. The number of hydrogen-bond acceptors (Lipinski definition) is 3. The Morgan fingerprint density at radius 2 is 2.15 bits per heavy atom. The Bertz CT molecular complexity index is 711. The number of carbonyl (C=O) groups excluding carboxylic acids is 2. The van der Waals surface area contributed by atoms with Crippen LogP contribution in [0, 0.1) is 0 Å². The number of urea groups is 1. The van der Waals surface area contributed by atoms with Crippen molar-refractivity contribution in [1.82, 2.24) is 4.90 Å². The smallest absolute Gasteiger partial charge is 0.321 e. The average Bonchev–Trinajstić information content (AvgIpc) is 2.85. The van der Waals surface area contributed by atoms with E-state index in [4.69, 9.17) is 0 Å². The number of nitrogens with zero attached hydrogens (tertiary/aromatic N) is 1. The molecule has 1 aliphatic rings. The lowest BCUT2D eigenvalue weighted by Gasteiger charge is -2.26. The lowest BCUT2D eigenvalue weighted by Crippen LogP contribution is -2.35. The van der Waals surface area contributed by atoms with Crippen molar-refractivity contribution in [2.24, 2.45) is 0 Å². The normalized spacial score (nSPS) is 13.9. The van der Waals surface area contributed by atoms with E-state index in [1.54, 1.807) is 24.1 Å². The maximum absolute atomic E-state index is 12.4. The van der Waals surface area contributed by atoms with Gasteiger partial charge in [0.05, 0.1) is 3.79 Å². The van der Waals surface area contributed by atoms with Crippen molar-refractivity contribution in [3.8, 4) is 0 Å². The highest BCUT2D eigenvalue weighted by Gasteiger charge is 2.21. The number of anilines is 1. The first-order valence-electron chi connectivity index (χ1n) is 5.98. The molecule has 2 aromatic rings. The van der Waals surface area contributed by atoms with Gasteiger partial charge in [0.1, 0.15) is 0 Å². The third-order valence-electron chi connectivity index (χ3n) is 3.19. The van der Waals surface area contributed by atoms with E-state index in [1.165, 1.54) is 11.3 Å². The minimum Gasteiger partial charge on any atom is -0.323 e. The van der Waals surface area contributed by atoms with Gasteiger partial charge in [-0.3, -0.25) is 4.79 Å². The van der Waals surface area contributed by atoms with Crippen LogP contribution in [0.5, 0.6) is 0 Å². The Balaban J connectivity index is 1.95. The van der Waals surface area contributed by atoms with E-state index in [2.05, 4.69) is 21.2 Å². The molecule has 3 rings (SSSR count).